The van der Waals surface area contributed by atoms with Gasteiger partial charge in [0.2, 0.25) is 5.91 Å². The van der Waals surface area contributed by atoms with E-state index >= 15 is 0 Å². The van der Waals surface area contributed by atoms with E-state index < -0.39 is 6.10 Å². The van der Waals surface area contributed by atoms with E-state index in [2.05, 4.69) is 10.2 Å². The molecule has 5 heteroatoms. The number of nitrogens with one attached hydrogen (secondary N) is 1. The molecule has 2 aliphatic heterocycles. The molecule has 2 fully saturated rings. The van der Waals surface area contributed by atoms with E-state index in [0.29, 0.717) is 6.54 Å². The number of aliphatic hydroxyl groups excluding tert-OH is 1. The van der Waals surface area contributed by atoms with Crippen LogP contribution >= 0.6 is 11.6 Å². The molecule has 2 saturated heterocycles. The van der Waals surface area contributed by atoms with Crippen molar-refractivity contribution in [3.63, 3.8) is 0 Å². The van der Waals surface area contributed by atoms with Crippen LogP contribution in [0.4, 0.5) is 0 Å². The van der Waals surface area contributed by atoms with Gasteiger partial charge in [-0.2, -0.15) is 0 Å². The zero-order valence-electron chi connectivity index (χ0n) is 8.66. The summed E-state index contributed by atoms with van der Waals surface area (Å²) in [5.41, 5.74) is 0. The quantitative estimate of drug-likeness (QED) is 0.663. The Kier molecular flexibility index (Phi) is 3.49. The highest BCUT2D eigenvalue weighted by Gasteiger charge is 2.40. The fraction of sp³-hybridized carbons (Fsp3) is 0.900. The van der Waals surface area contributed by atoms with E-state index in [9.17, 15) is 9.90 Å². The number of carbonyl (C=O) groups is 1. The number of hydrogen-bond donors (Lipinski definition) is 2. The van der Waals surface area contributed by atoms with Crippen LogP contribution in [-0.2, 0) is 4.79 Å². The lowest BCUT2D eigenvalue weighted by Gasteiger charge is -2.36. The summed E-state index contributed by atoms with van der Waals surface area (Å²) in [7, 11) is 0. The molecule has 3 unspecified atom stereocenters. The third kappa shape index (κ3) is 2.27. The Bertz CT molecular complexity index is 250. The average Bonchev–Trinajstić information content (AvgIpc) is 2.62. The Morgan fingerprint density at radius 1 is 1.67 bits per heavy atom. The highest BCUT2D eigenvalue weighted by Crippen LogP contribution is 2.27. The molecule has 0 aromatic carbocycles. The molecule has 86 valence electrons. The minimum Gasteiger partial charge on any atom is -0.391 e. The maximum Gasteiger partial charge on any atom is 0.224 e. The largest absolute Gasteiger partial charge is 0.391 e. The van der Waals surface area contributed by atoms with E-state index in [1.54, 1.807) is 0 Å². The lowest BCUT2D eigenvalue weighted by Crippen LogP contribution is -2.48. The Morgan fingerprint density at radius 2 is 2.47 bits per heavy atom. The number of β-amino-alcohol motifs (C(OH)–C–C–N with tert-alkyl or cyclic N) is 1. The summed E-state index contributed by atoms with van der Waals surface area (Å²) in [4.78, 5) is 13.7. The molecular formula is C10H17ClN2O2. The lowest BCUT2D eigenvalue weighted by molar-refractivity contribution is -0.124. The first-order valence-electron chi connectivity index (χ1n) is 5.48. The minimum absolute atomic E-state index is 0.126. The second-order valence-electron chi connectivity index (χ2n) is 4.36. The molecule has 2 N–H and O–H groups in total. The summed E-state index contributed by atoms with van der Waals surface area (Å²) in [6, 6.07) is 0.268. The maximum absolute atomic E-state index is 11.5. The van der Waals surface area contributed by atoms with Gasteiger partial charge in [0, 0.05) is 25.0 Å². The highest BCUT2D eigenvalue weighted by molar-refractivity contribution is 6.18. The maximum atomic E-state index is 11.5. The van der Waals surface area contributed by atoms with Crippen LogP contribution in [0.2, 0.25) is 0 Å². The summed E-state index contributed by atoms with van der Waals surface area (Å²) in [6.45, 7) is 2.27. The number of halogens is 1. The number of alkyl halides is 1. The summed E-state index contributed by atoms with van der Waals surface area (Å²) in [6.07, 6.45) is 1.52. The van der Waals surface area contributed by atoms with Crippen molar-refractivity contribution in [2.24, 2.45) is 5.92 Å². The van der Waals surface area contributed by atoms with Crippen LogP contribution < -0.4 is 5.32 Å². The second-order valence-corrected chi connectivity index (χ2v) is 4.67. The van der Waals surface area contributed by atoms with Crippen molar-refractivity contribution in [2.45, 2.75) is 25.0 Å². The predicted molar refractivity (Wildman–Crippen MR) is 57.8 cm³/mol. The average molecular weight is 233 g/mol. The molecule has 0 aliphatic carbocycles. The molecule has 0 bridgehead atoms. The molecule has 0 aromatic heterocycles. The molecule has 1 amide bonds. The van der Waals surface area contributed by atoms with Gasteiger partial charge in [0.15, 0.2) is 0 Å². The molecule has 2 rings (SSSR count). The Labute approximate surface area is 94.6 Å². The zero-order chi connectivity index (χ0) is 10.8. The van der Waals surface area contributed by atoms with Gasteiger partial charge in [-0.1, -0.05) is 0 Å². The van der Waals surface area contributed by atoms with Gasteiger partial charge < -0.3 is 10.4 Å². The van der Waals surface area contributed by atoms with Gasteiger partial charge >= 0.3 is 0 Å². The standard InChI is InChI=1S/C10H17ClN2O2/c11-4-7(14)6-13-3-1-2-8-9(13)5-12-10(8)15/h7-9,14H,1-6H2,(H,12,15). The number of carbonyl (C=O) groups excluding carboxylic acids is 1. The Hall–Kier alpha value is -0.320. The number of aliphatic hydroxyl groups is 1. The van der Waals surface area contributed by atoms with E-state index in [1.165, 1.54) is 0 Å². The van der Waals surface area contributed by atoms with Crippen LogP contribution in [0.1, 0.15) is 12.8 Å². The zero-order valence-corrected chi connectivity index (χ0v) is 9.41. The minimum atomic E-state index is -0.485. The monoisotopic (exact) mass is 232 g/mol. The van der Waals surface area contributed by atoms with E-state index in [-0.39, 0.29) is 23.7 Å². The normalized spacial score (nSPS) is 33.6. The molecule has 0 radical (unpaired) electrons. The van der Waals surface area contributed by atoms with Crippen molar-refractivity contribution in [3.05, 3.63) is 0 Å². The van der Waals surface area contributed by atoms with Crippen LogP contribution in [0.5, 0.6) is 0 Å². The van der Waals surface area contributed by atoms with Gasteiger partial charge in [0.05, 0.1) is 12.0 Å². The Balaban J connectivity index is 1.97. The molecule has 0 aromatic rings. The Morgan fingerprint density at radius 3 is 3.20 bits per heavy atom. The molecular weight excluding hydrogens is 216 g/mol. The highest BCUT2D eigenvalue weighted by atomic mass is 35.5. The van der Waals surface area contributed by atoms with Gasteiger partial charge in [-0.05, 0) is 19.4 Å². The summed E-state index contributed by atoms with van der Waals surface area (Å²) >= 11 is 5.58. The van der Waals surface area contributed by atoms with Crippen LogP contribution in [-0.4, -0.2) is 53.6 Å². The van der Waals surface area contributed by atoms with Crippen molar-refractivity contribution < 1.29 is 9.90 Å². The molecule has 3 atom stereocenters. The molecule has 2 aliphatic rings. The van der Waals surface area contributed by atoms with Gasteiger partial charge in [-0.3, -0.25) is 9.69 Å². The number of rotatable bonds is 3. The number of fused-ring (bicyclic) bond motifs is 1. The molecule has 0 spiro atoms. The molecule has 0 saturated carbocycles. The smallest absolute Gasteiger partial charge is 0.224 e. The number of hydrogen-bond acceptors (Lipinski definition) is 3. The third-order valence-electron chi connectivity index (χ3n) is 3.34. The first-order chi connectivity index (χ1) is 7.22. The molecule has 4 nitrogen and oxygen atoms in total. The fourth-order valence-electron chi connectivity index (χ4n) is 2.59. The van der Waals surface area contributed by atoms with Gasteiger partial charge in [0.25, 0.3) is 0 Å². The van der Waals surface area contributed by atoms with Gasteiger partial charge in [-0.15, -0.1) is 11.6 Å². The van der Waals surface area contributed by atoms with Crippen LogP contribution in [0.3, 0.4) is 0 Å². The summed E-state index contributed by atoms with van der Waals surface area (Å²) < 4.78 is 0. The van der Waals surface area contributed by atoms with Gasteiger partial charge in [-0.25, -0.2) is 0 Å². The summed E-state index contributed by atoms with van der Waals surface area (Å²) in [5.74, 6) is 0.557. The third-order valence-corrected chi connectivity index (χ3v) is 3.70. The van der Waals surface area contributed by atoms with Crippen LogP contribution in [0.15, 0.2) is 0 Å². The SMILES string of the molecule is O=C1NCC2C1CCCN2CC(O)CCl. The van der Waals surface area contributed by atoms with E-state index in [4.69, 9.17) is 11.6 Å². The number of amides is 1. The fourth-order valence-corrected chi connectivity index (χ4v) is 2.68. The van der Waals surface area contributed by atoms with E-state index in [1.807, 2.05) is 0 Å². The molecule has 15 heavy (non-hydrogen) atoms. The number of nitrogens with zero attached hydrogens (tertiary/aromatic N) is 1. The first-order valence-corrected chi connectivity index (χ1v) is 6.01. The first kappa shape index (κ1) is 11.2. The van der Waals surface area contributed by atoms with E-state index in [0.717, 1.165) is 25.9 Å². The van der Waals surface area contributed by atoms with Crippen molar-refractivity contribution >= 4 is 17.5 Å². The van der Waals surface area contributed by atoms with Crippen LogP contribution in [0, 0.1) is 5.92 Å². The van der Waals surface area contributed by atoms with Crippen molar-refractivity contribution in [1.29, 1.82) is 0 Å². The second kappa shape index (κ2) is 4.68. The number of likely N-dealkylation sites (tertiary alicyclic amines) is 1. The molecule has 2 heterocycles. The predicted octanol–water partition coefficient (Wildman–Crippen LogP) is -0.204. The lowest BCUT2D eigenvalue weighted by atomic mass is 9.91. The van der Waals surface area contributed by atoms with Crippen LogP contribution in [0.25, 0.3) is 0 Å². The van der Waals surface area contributed by atoms with Crippen molar-refractivity contribution in [3.8, 4) is 0 Å². The van der Waals surface area contributed by atoms with Crippen molar-refractivity contribution in [2.75, 3.05) is 25.5 Å². The summed E-state index contributed by atoms with van der Waals surface area (Å²) in [5, 5.41) is 12.4. The topological polar surface area (TPSA) is 52.6 Å². The van der Waals surface area contributed by atoms with Crippen molar-refractivity contribution in [1.82, 2.24) is 10.2 Å². The number of piperidine rings is 1. The van der Waals surface area contributed by atoms with Gasteiger partial charge in [0.1, 0.15) is 0 Å².